The molecule has 6 aromatic rings. The Labute approximate surface area is 186 Å². The van der Waals surface area contributed by atoms with E-state index in [-0.39, 0.29) is 5.92 Å². The third kappa shape index (κ3) is 3.36. The summed E-state index contributed by atoms with van der Waals surface area (Å²) in [6, 6.07) is 42.1. The molecule has 0 aliphatic carbocycles. The van der Waals surface area contributed by atoms with Crippen LogP contribution in [0.4, 0.5) is 0 Å². The molecule has 2 heteroatoms. The van der Waals surface area contributed by atoms with Crippen LogP contribution in [0.2, 0.25) is 0 Å². The second kappa shape index (κ2) is 7.82. The maximum atomic E-state index is 6.33. The van der Waals surface area contributed by atoms with Crippen molar-refractivity contribution >= 4 is 21.9 Å². The lowest BCUT2D eigenvalue weighted by molar-refractivity contribution is 0.522. The van der Waals surface area contributed by atoms with E-state index in [1.165, 1.54) is 21.9 Å². The number of nitrogens with zero attached hydrogens (tertiary/aromatic N) is 1. The van der Waals surface area contributed by atoms with Gasteiger partial charge < -0.3 is 4.42 Å². The molecule has 0 spiro atoms. The average Bonchev–Trinajstić information content (AvgIpc) is 3.28. The molecule has 2 nitrogen and oxygen atoms in total. The van der Waals surface area contributed by atoms with Gasteiger partial charge in [-0.15, -0.1) is 0 Å². The van der Waals surface area contributed by atoms with E-state index in [0.29, 0.717) is 5.89 Å². The van der Waals surface area contributed by atoms with Crippen molar-refractivity contribution in [3.8, 4) is 11.1 Å². The molecule has 0 amide bonds. The Balaban J connectivity index is 1.50. The van der Waals surface area contributed by atoms with Crippen LogP contribution in [-0.2, 0) is 0 Å². The minimum atomic E-state index is -0.0756. The number of oxazole rings is 1. The summed E-state index contributed by atoms with van der Waals surface area (Å²) >= 11 is 0. The van der Waals surface area contributed by atoms with Gasteiger partial charge in [-0.2, -0.15) is 0 Å². The fraction of sp³-hybridized carbons (Fsp3) is 0.0333. The predicted molar refractivity (Wildman–Crippen MR) is 131 cm³/mol. The van der Waals surface area contributed by atoms with Crippen molar-refractivity contribution in [2.75, 3.05) is 0 Å². The normalized spacial score (nSPS) is 12.2. The second-order valence-electron chi connectivity index (χ2n) is 8.05. The Kier molecular flexibility index (Phi) is 4.54. The van der Waals surface area contributed by atoms with Crippen LogP contribution in [0.5, 0.6) is 0 Å². The molecule has 1 aromatic heterocycles. The van der Waals surface area contributed by atoms with E-state index >= 15 is 0 Å². The molecule has 0 aliphatic rings. The van der Waals surface area contributed by atoms with Gasteiger partial charge in [0.1, 0.15) is 5.52 Å². The third-order valence-electron chi connectivity index (χ3n) is 6.00. The minimum absolute atomic E-state index is 0.0756. The van der Waals surface area contributed by atoms with Crippen LogP contribution in [0.25, 0.3) is 33.0 Å². The topological polar surface area (TPSA) is 26.0 Å². The molecule has 1 heterocycles. The molecule has 152 valence electrons. The Hall–Kier alpha value is -4.17. The van der Waals surface area contributed by atoms with E-state index in [1.807, 2.05) is 18.2 Å². The molecule has 0 saturated carbocycles. The van der Waals surface area contributed by atoms with Gasteiger partial charge in [0.2, 0.25) is 5.89 Å². The van der Waals surface area contributed by atoms with Crippen molar-refractivity contribution in [1.82, 2.24) is 4.98 Å². The fourth-order valence-corrected chi connectivity index (χ4v) is 4.39. The van der Waals surface area contributed by atoms with E-state index in [0.717, 1.165) is 22.2 Å². The first-order valence-corrected chi connectivity index (χ1v) is 10.8. The zero-order chi connectivity index (χ0) is 21.3. The maximum Gasteiger partial charge on any atom is 0.207 e. The Bertz CT molecular complexity index is 1520. The SMILES string of the molecule is c1ccc(-c2ccc3oc(C(c4ccccc4)c4ccc5ccccc5c4)nc3c2)cc1. The van der Waals surface area contributed by atoms with Gasteiger partial charge in [-0.05, 0) is 45.2 Å². The number of aromatic nitrogens is 1. The Morgan fingerprint density at radius 3 is 2.06 bits per heavy atom. The molecule has 5 aromatic carbocycles. The van der Waals surface area contributed by atoms with E-state index in [2.05, 4.69) is 103 Å². The van der Waals surface area contributed by atoms with Crippen LogP contribution in [0.3, 0.4) is 0 Å². The summed E-state index contributed by atoms with van der Waals surface area (Å²) in [7, 11) is 0. The van der Waals surface area contributed by atoms with Gasteiger partial charge in [-0.3, -0.25) is 0 Å². The molecule has 0 saturated heterocycles. The summed E-state index contributed by atoms with van der Waals surface area (Å²) in [4.78, 5) is 4.97. The summed E-state index contributed by atoms with van der Waals surface area (Å²) in [6.07, 6.45) is 0. The van der Waals surface area contributed by atoms with Gasteiger partial charge in [0.25, 0.3) is 0 Å². The third-order valence-corrected chi connectivity index (χ3v) is 6.00. The second-order valence-corrected chi connectivity index (χ2v) is 8.05. The quantitative estimate of drug-likeness (QED) is 0.295. The molecule has 0 N–H and O–H groups in total. The molecule has 0 bridgehead atoms. The highest BCUT2D eigenvalue weighted by Gasteiger charge is 2.23. The minimum Gasteiger partial charge on any atom is -0.440 e. The molecular weight excluding hydrogens is 390 g/mol. The lowest BCUT2D eigenvalue weighted by Crippen LogP contribution is -2.03. The van der Waals surface area contributed by atoms with Gasteiger partial charge in [-0.1, -0.05) is 109 Å². The average molecular weight is 412 g/mol. The predicted octanol–water partition coefficient (Wildman–Crippen LogP) is 7.83. The Morgan fingerprint density at radius 1 is 0.531 bits per heavy atom. The van der Waals surface area contributed by atoms with Crippen molar-refractivity contribution in [2.45, 2.75) is 5.92 Å². The highest BCUT2D eigenvalue weighted by Crippen LogP contribution is 2.35. The first kappa shape index (κ1) is 18.6. The van der Waals surface area contributed by atoms with Crippen molar-refractivity contribution in [3.63, 3.8) is 0 Å². The van der Waals surface area contributed by atoms with Gasteiger partial charge in [0, 0.05) is 0 Å². The number of rotatable bonds is 4. The van der Waals surface area contributed by atoms with E-state index in [9.17, 15) is 0 Å². The molecule has 0 radical (unpaired) electrons. The van der Waals surface area contributed by atoms with Crippen LogP contribution in [0.15, 0.2) is 126 Å². The van der Waals surface area contributed by atoms with Crippen LogP contribution in [0.1, 0.15) is 22.9 Å². The zero-order valence-corrected chi connectivity index (χ0v) is 17.5. The fourth-order valence-electron chi connectivity index (χ4n) is 4.39. The molecular formula is C30H21NO. The van der Waals surface area contributed by atoms with Gasteiger partial charge in [0.15, 0.2) is 5.58 Å². The van der Waals surface area contributed by atoms with Gasteiger partial charge >= 0.3 is 0 Å². The molecule has 0 aliphatic heterocycles. The summed E-state index contributed by atoms with van der Waals surface area (Å²) in [5.74, 6) is 0.639. The number of benzene rings is 5. The number of hydrogen-bond acceptors (Lipinski definition) is 2. The van der Waals surface area contributed by atoms with Crippen molar-refractivity contribution in [3.05, 3.63) is 138 Å². The zero-order valence-electron chi connectivity index (χ0n) is 17.5. The lowest BCUT2D eigenvalue weighted by Gasteiger charge is -2.15. The van der Waals surface area contributed by atoms with E-state index in [4.69, 9.17) is 9.40 Å². The largest absolute Gasteiger partial charge is 0.440 e. The van der Waals surface area contributed by atoms with Crippen LogP contribution < -0.4 is 0 Å². The van der Waals surface area contributed by atoms with Gasteiger partial charge in [-0.25, -0.2) is 4.98 Å². The molecule has 0 fully saturated rings. The lowest BCUT2D eigenvalue weighted by atomic mass is 9.90. The van der Waals surface area contributed by atoms with Crippen molar-refractivity contribution < 1.29 is 4.42 Å². The summed E-state index contributed by atoms with van der Waals surface area (Å²) in [5.41, 5.74) is 6.33. The maximum absolute atomic E-state index is 6.33. The van der Waals surface area contributed by atoms with Gasteiger partial charge in [0.05, 0.1) is 5.92 Å². The van der Waals surface area contributed by atoms with E-state index < -0.39 is 0 Å². The Morgan fingerprint density at radius 2 is 1.25 bits per heavy atom. The van der Waals surface area contributed by atoms with Crippen molar-refractivity contribution in [1.29, 1.82) is 0 Å². The summed E-state index contributed by atoms with van der Waals surface area (Å²) in [6.45, 7) is 0. The van der Waals surface area contributed by atoms with Crippen LogP contribution >= 0.6 is 0 Å². The molecule has 32 heavy (non-hydrogen) atoms. The van der Waals surface area contributed by atoms with E-state index in [1.54, 1.807) is 0 Å². The summed E-state index contributed by atoms with van der Waals surface area (Å²) < 4.78 is 6.33. The van der Waals surface area contributed by atoms with Crippen molar-refractivity contribution in [2.24, 2.45) is 0 Å². The first-order valence-electron chi connectivity index (χ1n) is 10.8. The highest BCUT2D eigenvalue weighted by molar-refractivity contribution is 5.84. The first-order chi connectivity index (χ1) is 15.8. The van der Waals surface area contributed by atoms with Crippen LogP contribution in [-0.4, -0.2) is 4.98 Å². The standard InChI is InChI=1S/C30H21NO/c1-3-9-21(10-4-1)25-17-18-28-27(20-25)31-30(32-28)29(23-12-5-2-6-13-23)26-16-15-22-11-7-8-14-24(22)19-26/h1-20,29H. The monoisotopic (exact) mass is 411 g/mol. The number of hydrogen-bond donors (Lipinski definition) is 0. The highest BCUT2D eigenvalue weighted by atomic mass is 16.3. The molecule has 1 unspecified atom stereocenters. The number of fused-ring (bicyclic) bond motifs is 2. The van der Waals surface area contributed by atoms with Crippen LogP contribution in [0, 0.1) is 0 Å². The smallest absolute Gasteiger partial charge is 0.207 e. The molecule has 1 atom stereocenters. The molecule has 6 rings (SSSR count). The summed E-state index contributed by atoms with van der Waals surface area (Å²) in [5, 5.41) is 2.45.